The molecule has 0 saturated heterocycles. The van der Waals surface area contributed by atoms with Gasteiger partial charge >= 0.3 is 0 Å². The van der Waals surface area contributed by atoms with Gasteiger partial charge in [-0.15, -0.1) is 0 Å². The van der Waals surface area contributed by atoms with Crippen LogP contribution in [0.4, 0.5) is 11.4 Å². The number of rotatable bonds is 7. The van der Waals surface area contributed by atoms with Crippen molar-refractivity contribution in [3.63, 3.8) is 0 Å². The van der Waals surface area contributed by atoms with Crippen LogP contribution in [0.1, 0.15) is 36.0 Å². The number of sulfonamides is 1. The van der Waals surface area contributed by atoms with Gasteiger partial charge in [0.15, 0.2) is 5.82 Å². The molecular formula is C18H16N4O5S. The number of benzene rings is 2. The molecule has 4 rings (SSSR count). The molecule has 144 valence electrons. The molecule has 1 aliphatic rings. The van der Waals surface area contributed by atoms with E-state index in [0.717, 1.165) is 18.9 Å². The molecule has 0 atom stereocenters. The summed E-state index contributed by atoms with van der Waals surface area (Å²) in [7, 11) is -4.00. The highest BCUT2D eigenvalue weighted by atomic mass is 32.2. The summed E-state index contributed by atoms with van der Waals surface area (Å²) >= 11 is 0. The lowest BCUT2D eigenvalue weighted by atomic mass is 10.1. The first-order chi connectivity index (χ1) is 13.4. The molecule has 1 N–H and O–H groups in total. The predicted octanol–water partition coefficient (Wildman–Crippen LogP) is 3.25. The van der Waals surface area contributed by atoms with E-state index in [4.69, 9.17) is 4.52 Å². The number of nitrogens with zero attached hydrogens (tertiary/aromatic N) is 3. The van der Waals surface area contributed by atoms with Gasteiger partial charge in [-0.1, -0.05) is 29.4 Å². The summed E-state index contributed by atoms with van der Waals surface area (Å²) in [4.78, 5) is 14.5. The molecule has 10 heteroatoms. The summed E-state index contributed by atoms with van der Waals surface area (Å²) in [5.74, 6) is 1.45. The minimum absolute atomic E-state index is 0.190. The monoisotopic (exact) mass is 400 g/mol. The number of nitro benzene ring substituents is 1. The normalized spacial score (nSPS) is 14.0. The molecule has 28 heavy (non-hydrogen) atoms. The van der Waals surface area contributed by atoms with E-state index in [1.807, 2.05) is 0 Å². The first kappa shape index (κ1) is 18.1. The van der Waals surface area contributed by atoms with Crippen molar-refractivity contribution in [2.24, 2.45) is 0 Å². The molecule has 0 bridgehead atoms. The summed E-state index contributed by atoms with van der Waals surface area (Å²) in [6.07, 6.45) is 2.38. The highest BCUT2D eigenvalue weighted by Crippen LogP contribution is 2.38. The second-order valence-corrected chi connectivity index (χ2v) is 8.20. The lowest BCUT2D eigenvalue weighted by molar-refractivity contribution is -0.385. The third kappa shape index (κ3) is 3.86. The van der Waals surface area contributed by atoms with Gasteiger partial charge in [0.1, 0.15) is 0 Å². The van der Waals surface area contributed by atoms with E-state index in [1.54, 1.807) is 24.3 Å². The number of nitrogens with one attached hydrogen (secondary N) is 1. The summed E-state index contributed by atoms with van der Waals surface area (Å²) in [5.41, 5.74) is 0.706. The molecular weight excluding hydrogens is 384 g/mol. The average molecular weight is 400 g/mol. The lowest BCUT2D eigenvalue weighted by Gasteiger charge is -2.11. The Bertz CT molecular complexity index is 1140. The van der Waals surface area contributed by atoms with E-state index < -0.39 is 14.9 Å². The largest absolute Gasteiger partial charge is 0.339 e. The Balaban J connectivity index is 1.59. The SMILES string of the molecule is O=[N+]([O-])c1cccc(S(=O)(=O)Nc2ccccc2Cc2nc(C3CC3)no2)c1. The Morgan fingerprint density at radius 2 is 1.96 bits per heavy atom. The lowest BCUT2D eigenvalue weighted by Crippen LogP contribution is -2.14. The number of nitro groups is 1. The zero-order valence-electron chi connectivity index (χ0n) is 14.6. The maximum Gasteiger partial charge on any atom is 0.270 e. The number of hydrogen-bond acceptors (Lipinski definition) is 7. The van der Waals surface area contributed by atoms with Crippen LogP contribution in [0, 0.1) is 10.1 Å². The molecule has 1 fully saturated rings. The van der Waals surface area contributed by atoms with Gasteiger partial charge in [0.05, 0.1) is 21.9 Å². The van der Waals surface area contributed by atoms with Crippen molar-refractivity contribution in [2.45, 2.75) is 30.1 Å². The van der Waals surface area contributed by atoms with Crippen molar-refractivity contribution in [3.8, 4) is 0 Å². The van der Waals surface area contributed by atoms with Crippen molar-refractivity contribution in [1.82, 2.24) is 10.1 Å². The van der Waals surface area contributed by atoms with E-state index in [-0.39, 0.29) is 17.0 Å². The smallest absolute Gasteiger partial charge is 0.270 e. The second-order valence-electron chi connectivity index (χ2n) is 6.51. The van der Waals surface area contributed by atoms with Crippen LogP contribution in [0.5, 0.6) is 0 Å². The Kier molecular flexibility index (Phi) is 4.55. The number of aromatic nitrogens is 2. The predicted molar refractivity (Wildman–Crippen MR) is 99.4 cm³/mol. The second kappa shape index (κ2) is 7.04. The van der Waals surface area contributed by atoms with Gasteiger partial charge in [-0.05, 0) is 30.5 Å². The highest BCUT2D eigenvalue weighted by molar-refractivity contribution is 7.92. The van der Waals surface area contributed by atoms with Gasteiger partial charge in [0, 0.05) is 18.1 Å². The summed E-state index contributed by atoms with van der Waals surface area (Å²) in [5, 5.41) is 14.9. The van der Waals surface area contributed by atoms with Crippen LogP contribution >= 0.6 is 0 Å². The first-order valence-corrected chi connectivity index (χ1v) is 10.1. The molecule has 0 radical (unpaired) electrons. The van der Waals surface area contributed by atoms with Crippen LogP contribution in [-0.4, -0.2) is 23.5 Å². The molecule has 0 aliphatic heterocycles. The van der Waals surface area contributed by atoms with Gasteiger partial charge in [0.2, 0.25) is 5.89 Å². The number of hydrogen-bond donors (Lipinski definition) is 1. The molecule has 9 nitrogen and oxygen atoms in total. The third-order valence-electron chi connectivity index (χ3n) is 4.37. The van der Waals surface area contributed by atoms with E-state index >= 15 is 0 Å². The van der Waals surface area contributed by atoms with Crippen LogP contribution in [0.2, 0.25) is 0 Å². The molecule has 0 spiro atoms. The van der Waals surface area contributed by atoms with Gasteiger partial charge in [0.25, 0.3) is 15.7 Å². The van der Waals surface area contributed by atoms with Crippen LogP contribution in [-0.2, 0) is 16.4 Å². The van der Waals surface area contributed by atoms with Crippen LogP contribution in [0.25, 0.3) is 0 Å². The fourth-order valence-electron chi connectivity index (χ4n) is 2.75. The first-order valence-electron chi connectivity index (χ1n) is 8.60. The van der Waals surface area contributed by atoms with E-state index in [0.29, 0.717) is 28.9 Å². The Hall–Kier alpha value is -3.27. The molecule has 1 heterocycles. The topological polar surface area (TPSA) is 128 Å². The van der Waals surface area contributed by atoms with Crippen molar-refractivity contribution in [2.75, 3.05) is 4.72 Å². The Morgan fingerprint density at radius 1 is 1.18 bits per heavy atom. The molecule has 1 aromatic heterocycles. The maximum absolute atomic E-state index is 12.7. The molecule has 1 saturated carbocycles. The van der Waals surface area contributed by atoms with Crippen molar-refractivity contribution in [3.05, 3.63) is 75.9 Å². The standard InChI is InChI=1S/C18H16N4O5S/c23-22(24)14-5-3-6-15(11-14)28(25,26)21-16-7-2-1-4-13(16)10-17-19-18(20-27-17)12-8-9-12/h1-7,11-12,21H,8-10H2. The Morgan fingerprint density at radius 3 is 2.71 bits per heavy atom. The number of anilines is 1. The summed E-state index contributed by atoms with van der Waals surface area (Å²) < 4.78 is 33.2. The van der Waals surface area contributed by atoms with E-state index in [9.17, 15) is 18.5 Å². The fraction of sp³-hybridized carbons (Fsp3) is 0.222. The minimum atomic E-state index is -4.00. The van der Waals surface area contributed by atoms with Gasteiger partial charge < -0.3 is 4.52 Å². The third-order valence-corrected chi connectivity index (χ3v) is 5.73. The van der Waals surface area contributed by atoms with Crippen LogP contribution in [0.15, 0.2) is 57.9 Å². The van der Waals surface area contributed by atoms with Crippen LogP contribution < -0.4 is 4.72 Å². The Labute approximate surface area is 160 Å². The summed E-state index contributed by atoms with van der Waals surface area (Å²) in [6.45, 7) is 0. The maximum atomic E-state index is 12.7. The molecule has 0 amide bonds. The fourth-order valence-corrected chi connectivity index (χ4v) is 3.89. The van der Waals surface area contributed by atoms with Gasteiger partial charge in [-0.2, -0.15) is 4.98 Å². The van der Waals surface area contributed by atoms with Gasteiger partial charge in [-0.25, -0.2) is 8.42 Å². The van der Waals surface area contributed by atoms with Crippen molar-refractivity contribution < 1.29 is 17.9 Å². The zero-order valence-corrected chi connectivity index (χ0v) is 15.4. The quantitative estimate of drug-likeness (QED) is 0.476. The number of non-ortho nitro benzene ring substituents is 1. The molecule has 3 aromatic rings. The van der Waals surface area contributed by atoms with E-state index in [1.165, 1.54) is 18.2 Å². The van der Waals surface area contributed by atoms with Crippen molar-refractivity contribution >= 4 is 21.4 Å². The van der Waals surface area contributed by atoms with Crippen LogP contribution in [0.3, 0.4) is 0 Å². The minimum Gasteiger partial charge on any atom is -0.339 e. The molecule has 0 unspecified atom stereocenters. The number of para-hydroxylation sites is 1. The van der Waals surface area contributed by atoms with Gasteiger partial charge in [-0.3, -0.25) is 14.8 Å². The molecule has 2 aromatic carbocycles. The zero-order chi connectivity index (χ0) is 19.7. The van der Waals surface area contributed by atoms with E-state index in [2.05, 4.69) is 14.9 Å². The van der Waals surface area contributed by atoms with Crippen molar-refractivity contribution in [1.29, 1.82) is 0 Å². The summed E-state index contributed by atoms with van der Waals surface area (Å²) in [6, 6.07) is 11.7. The highest BCUT2D eigenvalue weighted by Gasteiger charge is 2.29. The molecule has 1 aliphatic carbocycles. The average Bonchev–Trinajstić information content (AvgIpc) is 3.42.